The van der Waals surface area contributed by atoms with Gasteiger partial charge in [0.1, 0.15) is 48.1 Å². The van der Waals surface area contributed by atoms with Crippen LogP contribution in [0.25, 0.3) is 22.3 Å². The fourth-order valence-corrected chi connectivity index (χ4v) is 9.59. The van der Waals surface area contributed by atoms with E-state index in [9.17, 15) is 18.7 Å². The Morgan fingerprint density at radius 1 is 0.694 bits per heavy atom. The Morgan fingerprint density at radius 2 is 1.08 bits per heavy atom. The first-order valence-electron chi connectivity index (χ1n) is 19.7. The first-order valence-corrected chi connectivity index (χ1v) is 22.6. The van der Waals surface area contributed by atoms with Crippen molar-refractivity contribution in [1.82, 2.24) is 39.0 Å². The Morgan fingerprint density at radius 3 is 1.45 bits per heavy atom. The highest BCUT2D eigenvalue weighted by atomic mass is 31.2. The van der Waals surface area contributed by atoms with Crippen molar-refractivity contribution in [2.75, 3.05) is 38.3 Å². The number of alkyl halides is 2. The molecule has 0 unspecified atom stereocenters. The van der Waals surface area contributed by atoms with Gasteiger partial charge in [-0.25, -0.2) is 56.9 Å². The summed E-state index contributed by atoms with van der Waals surface area (Å²) in [6.07, 6.45) is -8.77. The van der Waals surface area contributed by atoms with E-state index >= 15 is 8.78 Å². The largest absolute Gasteiger partial charge is 0.478 e. The van der Waals surface area contributed by atoms with Crippen LogP contribution in [0.15, 0.2) is 25.3 Å². The number of carbonyl (C=O) groups is 2. The van der Waals surface area contributed by atoms with Crippen LogP contribution in [-0.4, -0.2) is 115 Å². The standard InChI is InChI=1S/C34H46F2N10O14P2/c1-5-17(6-2)33(47)51-15-55-61(49)53-9-19-26(22(36)32(57-19)46-14-44-24-28(38)40-12-42-30(24)46)60-62(50,56-16-52-34(48)18(7-3)8-4)54-10-20-25(59-61)21(35)31(58-20)45-13-43-23-27(37)39-11-41-29(23)45/h11-14,17-22,25-26,31-32H,5-10,15-16H2,1-4H3,(H2,37,39,41)(H2,38,40,42)/t19-,20-,21-,22-,25-,26-,31-,32-,61+,62+/m1/s1. The number of phosphoric acid groups is 2. The number of phosphoric ester groups is 2. The van der Waals surface area contributed by atoms with Crippen LogP contribution in [0, 0.1) is 11.8 Å². The molecular formula is C34H46F2N10O14P2. The summed E-state index contributed by atoms with van der Waals surface area (Å²) in [5, 5.41) is 0. The minimum absolute atomic E-state index is 0.0256. The topological polar surface area (TPSA) is 300 Å². The molecule has 4 N–H and O–H groups in total. The zero-order chi connectivity index (χ0) is 44.3. The number of anilines is 2. The van der Waals surface area contributed by atoms with E-state index in [1.807, 2.05) is 0 Å². The van der Waals surface area contributed by atoms with Gasteiger partial charge < -0.3 is 30.4 Å². The van der Waals surface area contributed by atoms with Gasteiger partial charge in [0.25, 0.3) is 0 Å². The monoisotopic (exact) mass is 918 g/mol. The van der Waals surface area contributed by atoms with Crippen molar-refractivity contribution in [2.24, 2.45) is 11.8 Å². The number of nitrogens with zero attached hydrogens (tertiary/aromatic N) is 8. The van der Waals surface area contributed by atoms with Crippen LogP contribution >= 0.6 is 15.6 Å². The van der Waals surface area contributed by atoms with Gasteiger partial charge >= 0.3 is 27.6 Å². The minimum atomic E-state index is -5.10. The van der Waals surface area contributed by atoms with Gasteiger partial charge in [0.2, 0.25) is 13.6 Å². The van der Waals surface area contributed by atoms with Crippen molar-refractivity contribution in [1.29, 1.82) is 0 Å². The first kappa shape index (κ1) is 45.7. The third-order valence-electron chi connectivity index (χ3n) is 10.6. The maximum absolute atomic E-state index is 16.9. The predicted molar refractivity (Wildman–Crippen MR) is 206 cm³/mol. The van der Waals surface area contributed by atoms with Crippen LogP contribution in [0.2, 0.25) is 0 Å². The molecule has 62 heavy (non-hydrogen) atoms. The fraction of sp³-hybridized carbons (Fsp3) is 0.647. The Hall–Kier alpha value is -4.36. The molecule has 0 saturated carbocycles. The van der Waals surface area contributed by atoms with E-state index in [0.29, 0.717) is 25.7 Å². The molecule has 3 saturated heterocycles. The number of rotatable bonds is 14. The molecule has 4 aromatic rings. The normalized spacial score (nSPS) is 30.6. The summed E-state index contributed by atoms with van der Waals surface area (Å²) in [5.74, 6) is -2.46. The van der Waals surface area contributed by atoms with Gasteiger partial charge in [-0.3, -0.25) is 36.8 Å². The third kappa shape index (κ3) is 9.30. The average Bonchev–Trinajstić information content (AvgIpc) is 4.02. The van der Waals surface area contributed by atoms with Gasteiger partial charge in [-0.2, -0.15) is 0 Å². The molecule has 7 heterocycles. The molecule has 0 amide bonds. The van der Waals surface area contributed by atoms with E-state index in [2.05, 4.69) is 29.9 Å². The van der Waals surface area contributed by atoms with E-state index in [1.54, 1.807) is 27.7 Å². The summed E-state index contributed by atoms with van der Waals surface area (Å²) in [5.41, 5.74) is 12.2. The summed E-state index contributed by atoms with van der Waals surface area (Å²) in [6, 6.07) is 0. The van der Waals surface area contributed by atoms with E-state index in [1.165, 1.54) is 0 Å². The number of hydrogen-bond donors (Lipinski definition) is 2. The van der Waals surface area contributed by atoms with Gasteiger partial charge in [0, 0.05) is 0 Å². The quantitative estimate of drug-likeness (QED) is 0.101. The molecule has 3 fully saturated rings. The predicted octanol–water partition coefficient (Wildman–Crippen LogP) is 4.24. The number of aromatic nitrogens is 8. The Balaban J connectivity index is 1.23. The van der Waals surface area contributed by atoms with Gasteiger partial charge in [-0.05, 0) is 25.7 Å². The molecule has 340 valence electrons. The van der Waals surface area contributed by atoms with Crippen molar-refractivity contribution in [2.45, 2.75) is 103 Å². The Kier molecular flexibility index (Phi) is 14.1. The molecule has 28 heteroatoms. The lowest BCUT2D eigenvalue weighted by molar-refractivity contribution is -0.157. The Bertz CT molecular complexity index is 2160. The van der Waals surface area contributed by atoms with Crippen molar-refractivity contribution in [3.63, 3.8) is 0 Å². The molecule has 0 spiro atoms. The lowest BCUT2D eigenvalue weighted by Gasteiger charge is -2.30. The van der Waals surface area contributed by atoms with Crippen molar-refractivity contribution < 1.29 is 73.6 Å². The van der Waals surface area contributed by atoms with Crippen LogP contribution in [0.3, 0.4) is 0 Å². The van der Waals surface area contributed by atoms with Crippen molar-refractivity contribution >= 4 is 61.5 Å². The number of nitrogens with two attached hydrogens (primary N) is 2. The molecule has 7 rings (SSSR count). The van der Waals surface area contributed by atoms with Crippen molar-refractivity contribution in [3.8, 4) is 0 Å². The molecule has 0 bridgehead atoms. The highest BCUT2D eigenvalue weighted by Gasteiger charge is 2.56. The highest BCUT2D eigenvalue weighted by Crippen LogP contribution is 2.58. The number of nitrogen functional groups attached to an aromatic ring is 2. The van der Waals surface area contributed by atoms with E-state index in [0.717, 1.165) is 34.4 Å². The van der Waals surface area contributed by atoms with Crippen molar-refractivity contribution in [3.05, 3.63) is 25.3 Å². The third-order valence-corrected chi connectivity index (χ3v) is 13.4. The molecule has 4 aromatic heterocycles. The number of hydrogen-bond acceptors (Lipinski definition) is 22. The molecule has 0 aromatic carbocycles. The zero-order valence-corrected chi connectivity index (χ0v) is 35.6. The average molecular weight is 919 g/mol. The second kappa shape index (κ2) is 19.2. The Labute approximate surface area is 351 Å². The van der Waals surface area contributed by atoms with Gasteiger partial charge in [0.15, 0.2) is 47.7 Å². The number of fused-ring (bicyclic) bond motifs is 4. The maximum atomic E-state index is 16.9. The number of carbonyl (C=O) groups excluding carboxylic acids is 2. The second-order valence-electron chi connectivity index (χ2n) is 14.3. The van der Waals surface area contributed by atoms with E-state index in [-0.39, 0.29) is 34.0 Å². The summed E-state index contributed by atoms with van der Waals surface area (Å²) in [6.45, 7) is 3.27. The molecule has 3 aliphatic rings. The summed E-state index contributed by atoms with van der Waals surface area (Å²) in [4.78, 5) is 49.8. The lowest BCUT2D eigenvalue weighted by Crippen LogP contribution is -2.38. The number of imidazole rings is 2. The molecule has 24 nitrogen and oxygen atoms in total. The maximum Gasteiger partial charge on any atom is 0.478 e. The van der Waals surface area contributed by atoms with Crippen LogP contribution in [0.1, 0.15) is 65.8 Å². The lowest BCUT2D eigenvalue weighted by atomic mass is 10.0. The summed E-state index contributed by atoms with van der Waals surface area (Å²) in [7, 11) is -10.2. The minimum Gasteiger partial charge on any atom is -0.438 e. The highest BCUT2D eigenvalue weighted by molar-refractivity contribution is 7.48. The van der Waals surface area contributed by atoms with Gasteiger partial charge in [-0.15, -0.1) is 0 Å². The van der Waals surface area contributed by atoms with Crippen LogP contribution in [0.4, 0.5) is 20.4 Å². The molecule has 0 aliphatic carbocycles. The number of esters is 2. The SMILES string of the molecule is CCC(CC)C(=O)OCO[P@]1(=O)OC[C@H]2O[C@@H](n3cnc4c(N)ncnc43)[C@H](F)[C@@H]2O[P@](=O)(OCOC(=O)C(CC)CC)OC[C@H]2O[C@@H](n3cnc4c(N)ncnc43)[C@H](F)[C@@H]2O1. The summed E-state index contributed by atoms with van der Waals surface area (Å²) < 4.78 is 122. The number of halogens is 2. The molecule has 3 aliphatic heterocycles. The molecule has 10 atom stereocenters. The smallest absolute Gasteiger partial charge is 0.438 e. The van der Waals surface area contributed by atoms with Crippen LogP contribution < -0.4 is 11.5 Å². The fourth-order valence-electron chi connectivity index (χ4n) is 7.07. The molecule has 0 radical (unpaired) electrons. The molecular weight excluding hydrogens is 872 g/mol. The van der Waals surface area contributed by atoms with Gasteiger partial charge in [-0.1, -0.05) is 27.7 Å². The van der Waals surface area contributed by atoms with Gasteiger partial charge in [0.05, 0.1) is 37.7 Å². The zero-order valence-electron chi connectivity index (χ0n) is 33.8. The first-order chi connectivity index (χ1) is 29.7. The summed E-state index contributed by atoms with van der Waals surface area (Å²) >= 11 is 0. The van der Waals surface area contributed by atoms with Crippen LogP contribution in [-0.2, 0) is 64.8 Å². The second-order valence-corrected chi connectivity index (χ2v) is 17.5. The van der Waals surface area contributed by atoms with Crippen LogP contribution in [0.5, 0.6) is 0 Å². The van der Waals surface area contributed by atoms with E-state index in [4.69, 9.17) is 57.6 Å². The van der Waals surface area contributed by atoms with E-state index < -0.39 is 115 Å². The number of ether oxygens (including phenoxy) is 4.